The lowest BCUT2D eigenvalue weighted by atomic mass is 9.33. The van der Waals surface area contributed by atoms with Gasteiger partial charge in [-0.3, -0.25) is 0 Å². The summed E-state index contributed by atoms with van der Waals surface area (Å²) in [5.41, 5.74) is 11.7. The van der Waals surface area contributed by atoms with Gasteiger partial charge in [0.2, 0.25) is 6.71 Å². The number of anilines is 2. The van der Waals surface area contributed by atoms with Gasteiger partial charge < -0.3 is 4.90 Å². The van der Waals surface area contributed by atoms with E-state index in [4.69, 9.17) is 0 Å². The number of hydrogen-bond acceptors (Lipinski definition) is 1. The van der Waals surface area contributed by atoms with Gasteiger partial charge in [0, 0.05) is 16.9 Å². The third-order valence-corrected chi connectivity index (χ3v) is 7.21. The molecule has 0 aliphatic carbocycles. The molecular weight excluding hydrogens is 433 g/mol. The smallest absolute Gasteiger partial charge is 0.248 e. The Morgan fingerprint density at radius 2 is 0.889 bits per heavy atom. The van der Waals surface area contributed by atoms with Crippen molar-refractivity contribution >= 4 is 34.5 Å². The van der Waals surface area contributed by atoms with E-state index in [9.17, 15) is 0 Å². The third-order valence-electron chi connectivity index (χ3n) is 7.21. The lowest BCUT2D eigenvalue weighted by molar-refractivity contribution is 0.561. The monoisotopic (exact) mass is 463 g/mol. The summed E-state index contributed by atoms with van der Waals surface area (Å²) in [7, 11) is 0. The molecule has 0 N–H and O–H groups in total. The van der Waals surface area contributed by atoms with Gasteiger partial charge in [-0.25, -0.2) is 0 Å². The Labute approximate surface area is 215 Å². The molecule has 36 heavy (non-hydrogen) atoms. The van der Waals surface area contributed by atoms with Gasteiger partial charge >= 0.3 is 0 Å². The Balaban J connectivity index is 1.72. The molecule has 5 aromatic carbocycles. The molecule has 6 rings (SSSR count). The van der Waals surface area contributed by atoms with Crippen molar-refractivity contribution in [2.45, 2.75) is 26.3 Å². The van der Waals surface area contributed by atoms with Crippen molar-refractivity contribution in [3.63, 3.8) is 0 Å². The average molecular weight is 463 g/mol. The first-order chi connectivity index (χ1) is 17.5. The quantitative estimate of drug-likeness (QED) is 0.267. The number of fused-ring (bicyclic) bond motifs is 2. The zero-order valence-electron chi connectivity index (χ0n) is 21.1. The van der Waals surface area contributed by atoms with Crippen LogP contribution in [0.4, 0.5) is 11.4 Å². The van der Waals surface area contributed by atoms with Gasteiger partial charge in [-0.05, 0) is 66.1 Å². The number of para-hydroxylation sites is 2. The van der Waals surface area contributed by atoms with Gasteiger partial charge in [0.05, 0.1) is 0 Å². The molecule has 0 spiro atoms. The van der Waals surface area contributed by atoms with Crippen LogP contribution in [0.1, 0.15) is 20.8 Å². The highest BCUT2D eigenvalue weighted by Crippen LogP contribution is 2.36. The number of rotatable bonds is 3. The lowest BCUT2D eigenvalue weighted by Gasteiger charge is -2.45. The van der Waals surface area contributed by atoms with E-state index in [0.29, 0.717) is 0 Å². The first-order valence-corrected chi connectivity index (χ1v) is 12.8. The highest BCUT2D eigenvalue weighted by Gasteiger charge is 2.39. The van der Waals surface area contributed by atoms with E-state index in [2.05, 4.69) is 153 Å². The largest absolute Gasteiger partial charge is 0.337 e. The summed E-state index contributed by atoms with van der Waals surface area (Å²) in [4.78, 5) is 2.52. The zero-order valence-corrected chi connectivity index (χ0v) is 21.1. The van der Waals surface area contributed by atoms with Crippen LogP contribution in [0.25, 0.3) is 22.3 Å². The molecule has 174 valence electrons. The summed E-state index contributed by atoms with van der Waals surface area (Å²) < 4.78 is 0. The molecule has 0 amide bonds. The van der Waals surface area contributed by atoms with Crippen LogP contribution in [-0.4, -0.2) is 12.3 Å². The van der Waals surface area contributed by atoms with Crippen LogP contribution >= 0.6 is 0 Å². The van der Waals surface area contributed by atoms with E-state index in [1.54, 1.807) is 0 Å². The molecule has 5 aromatic rings. The molecule has 1 nitrogen and oxygen atoms in total. The molecule has 1 aliphatic heterocycles. The van der Waals surface area contributed by atoms with Crippen molar-refractivity contribution < 1.29 is 0 Å². The molecule has 0 saturated carbocycles. The molecule has 0 bridgehead atoms. The molecule has 0 fully saturated rings. The second-order valence-corrected chi connectivity index (χ2v) is 10.6. The summed E-state index contributed by atoms with van der Waals surface area (Å²) in [6.45, 7) is 7.01. The summed E-state index contributed by atoms with van der Waals surface area (Å²) in [5, 5.41) is 0. The molecule has 0 saturated heterocycles. The molecule has 1 heterocycles. The Morgan fingerprint density at radius 3 is 1.33 bits per heavy atom. The average Bonchev–Trinajstić information content (AvgIpc) is 2.91. The van der Waals surface area contributed by atoms with Crippen LogP contribution in [0, 0.1) is 0 Å². The Hall–Kier alpha value is -4.04. The second-order valence-electron chi connectivity index (χ2n) is 10.6. The maximum absolute atomic E-state index is 2.52. The fourth-order valence-electron chi connectivity index (χ4n) is 5.82. The summed E-state index contributed by atoms with van der Waals surface area (Å²) in [6, 6.07) is 46.4. The predicted molar refractivity (Wildman–Crippen MR) is 157 cm³/mol. The molecule has 0 unspecified atom stereocenters. The van der Waals surface area contributed by atoms with E-state index in [-0.39, 0.29) is 12.3 Å². The Kier molecular flexibility index (Phi) is 5.53. The molecule has 0 aromatic heterocycles. The van der Waals surface area contributed by atoms with E-state index in [0.717, 1.165) is 0 Å². The van der Waals surface area contributed by atoms with E-state index >= 15 is 0 Å². The maximum Gasteiger partial charge on any atom is 0.248 e. The number of hydrogen-bond donors (Lipinski definition) is 0. The van der Waals surface area contributed by atoms with Gasteiger partial charge in [0.15, 0.2) is 0 Å². The number of nitrogens with zero attached hydrogens (tertiary/aromatic N) is 1. The van der Waals surface area contributed by atoms with Crippen LogP contribution in [0.5, 0.6) is 0 Å². The van der Waals surface area contributed by atoms with Crippen molar-refractivity contribution in [1.82, 2.24) is 0 Å². The maximum atomic E-state index is 2.52. The van der Waals surface area contributed by atoms with Crippen molar-refractivity contribution in [3.8, 4) is 22.3 Å². The predicted octanol–water partition coefficient (Wildman–Crippen LogP) is 6.79. The van der Waals surface area contributed by atoms with Gasteiger partial charge in [0.1, 0.15) is 0 Å². The third kappa shape index (κ3) is 3.74. The topological polar surface area (TPSA) is 3.24 Å². The molecule has 2 heteroatoms. The van der Waals surface area contributed by atoms with Gasteiger partial charge in [-0.15, -0.1) is 0 Å². The normalized spacial score (nSPS) is 12.8. The minimum atomic E-state index is -0.0572. The lowest BCUT2D eigenvalue weighted by Crippen LogP contribution is -2.61. The van der Waals surface area contributed by atoms with Gasteiger partial charge in [-0.1, -0.05) is 121 Å². The fourth-order valence-corrected chi connectivity index (χ4v) is 5.82. The van der Waals surface area contributed by atoms with Crippen LogP contribution < -0.4 is 21.3 Å². The van der Waals surface area contributed by atoms with E-state index in [1.807, 2.05) is 0 Å². The van der Waals surface area contributed by atoms with Crippen molar-refractivity contribution in [3.05, 3.63) is 127 Å². The SMILES string of the molecule is CC(C)(C)N1c2ccccc2B(c2c(-c3ccccc3)cccc2-c2ccccc2)c2ccccc21. The molecule has 1 aliphatic rings. The van der Waals surface area contributed by atoms with Gasteiger partial charge in [0.25, 0.3) is 0 Å². The summed E-state index contributed by atoms with van der Waals surface area (Å²) in [5.74, 6) is 0. The molecule has 0 atom stereocenters. The standard InChI is InChI=1S/C34H30BN/c1-34(2,3)36-31-23-12-10-21-29(31)35(30-22-11-13-24-32(30)36)33-27(25-15-6-4-7-16-25)19-14-20-28(33)26-17-8-5-9-18-26/h4-24H,1-3H3. The first kappa shape index (κ1) is 22.4. The minimum Gasteiger partial charge on any atom is -0.337 e. The number of benzene rings is 5. The van der Waals surface area contributed by atoms with Crippen LogP contribution in [0.2, 0.25) is 0 Å². The molecular formula is C34H30BN. The van der Waals surface area contributed by atoms with Crippen molar-refractivity contribution in [2.24, 2.45) is 0 Å². The minimum absolute atomic E-state index is 0.0572. The highest BCUT2D eigenvalue weighted by molar-refractivity contribution is 6.99. The Morgan fingerprint density at radius 1 is 0.472 bits per heavy atom. The van der Waals surface area contributed by atoms with Crippen LogP contribution in [0.15, 0.2) is 127 Å². The second kappa shape index (κ2) is 8.88. The zero-order chi connectivity index (χ0) is 24.7. The van der Waals surface area contributed by atoms with Crippen molar-refractivity contribution in [1.29, 1.82) is 0 Å². The van der Waals surface area contributed by atoms with Crippen LogP contribution in [-0.2, 0) is 0 Å². The summed E-state index contributed by atoms with van der Waals surface area (Å²) in [6.07, 6.45) is 0. The Bertz CT molecular complexity index is 1410. The molecule has 0 radical (unpaired) electrons. The van der Waals surface area contributed by atoms with Crippen molar-refractivity contribution in [2.75, 3.05) is 4.90 Å². The van der Waals surface area contributed by atoms with Crippen LogP contribution in [0.3, 0.4) is 0 Å². The summed E-state index contributed by atoms with van der Waals surface area (Å²) >= 11 is 0. The van der Waals surface area contributed by atoms with Gasteiger partial charge in [-0.2, -0.15) is 0 Å². The van der Waals surface area contributed by atoms with E-state index < -0.39 is 0 Å². The first-order valence-electron chi connectivity index (χ1n) is 12.8. The van der Waals surface area contributed by atoms with E-state index in [1.165, 1.54) is 50.0 Å². The fraction of sp³-hybridized carbons (Fsp3) is 0.118. The highest BCUT2D eigenvalue weighted by atomic mass is 15.2.